The molecule has 1 atom stereocenters. The minimum atomic E-state index is 0.247. The third kappa shape index (κ3) is 4.68. The van der Waals surface area contributed by atoms with Crippen LogP contribution in [0.2, 0.25) is 0 Å². The summed E-state index contributed by atoms with van der Waals surface area (Å²) in [6.07, 6.45) is 2.54. The van der Waals surface area contributed by atoms with Crippen molar-refractivity contribution in [1.82, 2.24) is 9.80 Å². The van der Waals surface area contributed by atoms with Crippen LogP contribution in [0, 0.1) is 0 Å². The molecule has 5 heteroatoms. The molecule has 1 unspecified atom stereocenters. The molecule has 0 spiro atoms. The van der Waals surface area contributed by atoms with Gasteiger partial charge < -0.3 is 9.52 Å². The predicted molar refractivity (Wildman–Crippen MR) is 110 cm³/mol. The van der Waals surface area contributed by atoms with Crippen LogP contribution in [0.1, 0.15) is 16.9 Å². The van der Waals surface area contributed by atoms with Crippen molar-refractivity contribution < 1.29 is 9.52 Å². The molecule has 4 nitrogen and oxygen atoms in total. The van der Waals surface area contributed by atoms with Crippen LogP contribution in [-0.4, -0.2) is 47.2 Å². The first-order valence-corrected chi connectivity index (χ1v) is 10.4. The van der Waals surface area contributed by atoms with Gasteiger partial charge in [-0.3, -0.25) is 9.80 Å². The number of benzene rings is 1. The number of piperazine rings is 1. The Labute approximate surface area is 164 Å². The number of aliphatic hydroxyl groups excluding tert-OH is 1. The summed E-state index contributed by atoms with van der Waals surface area (Å²) in [5.74, 6) is 0.909. The van der Waals surface area contributed by atoms with Crippen LogP contribution in [0.4, 0.5) is 0 Å². The first kappa shape index (κ1) is 18.4. The van der Waals surface area contributed by atoms with Crippen molar-refractivity contribution >= 4 is 11.3 Å². The van der Waals surface area contributed by atoms with E-state index in [-0.39, 0.29) is 6.61 Å². The highest BCUT2D eigenvalue weighted by Gasteiger charge is 2.26. The zero-order valence-corrected chi connectivity index (χ0v) is 16.3. The van der Waals surface area contributed by atoms with Gasteiger partial charge in [0.2, 0.25) is 0 Å². The molecule has 1 aromatic carbocycles. The van der Waals surface area contributed by atoms with Gasteiger partial charge in [-0.15, -0.1) is 11.3 Å². The molecule has 1 aliphatic heterocycles. The Morgan fingerprint density at radius 2 is 1.93 bits per heavy atom. The Morgan fingerprint density at radius 1 is 1.04 bits per heavy atom. The molecule has 142 valence electrons. The number of thiophene rings is 1. The Bertz CT molecular complexity index is 799. The van der Waals surface area contributed by atoms with E-state index >= 15 is 0 Å². The van der Waals surface area contributed by atoms with Gasteiger partial charge in [0.25, 0.3) is 0 Å². The zero-order chi connectivity index (χ0) is 18.5. The van der Waals surface area contributed by atoms with Crippen LogP contribution in [0.25, 0.3) is 11.3 Å². The maximum atomic E-state index is 9.51. The monoisotopic (exact) mass is 382 g/mol. The van der Waals surface area contributed by atoms with Crippen LogP contribution in [-0.2, 0) is 13.1 Å². The van der Waals surface area contributed by atoms with Crippen molar-refractivity contribution in [2.75, 3.05) is 26.2 Å². The zero-order valence-electron chi connectivity index (χ0n) is 15.5. The second-order valence-corrected chi connectivity index (χ2v) is 8.16. The summed E-state index contributed by atoms with van der Waals surface area (Å²) in [5, 5.41) is 11.6. The molecule has 4 rings (SSSR count). The van der Waals surface area contributed by atoms with Gasteiger partial charge in [-0.2, -0.15) is 0 Å². The number of aliphatic hydroxyl groups is 1. The minimum absolute atomic E-state index is 0.247. The average molecular weight is 383 g/mol. The van der Waals surface area contributed by atoms with Crippen molar-refractivity contribution in [1.29, 1.82) is 0 Å². The van der Waals surface area contributed by atoms with E-state index in [0.29, 0.717) is 6.04 Å². The van der Waals surface area contributed by atoms with Gasteiger partial charge >= 0.3 is 0 Å². The van der Waals surface area contributed by atoms with Gasteiger partial charge in [-0.25, -0.2) is 0 Å². The molecule has 0 aliphatic carbocycles. The molecule has 0 amide bonds. The van der Waals surface area contributed by atoms with E-state index in [1.165, 1.54) is 10.4 Å². The molecule has 3 heterocycles. The van der Waals surface area contributed by atoms with Gasteiger partial charge in [-0.1, -0.05) is 30.3 Å². The summed E-state index contributed by atoms with van der Waals surface area (Å²) in [4.78, 5) is 6.44. The maximum Gasteiger partial charge on any atom is 0.133 e. The lowest BCUT2D eigenvalue weighted by Gasteiger charge is -2.41. The molecule has 0 bridgehead atoms. The standard InChI is InChI=1S/C22H26N2O2S/c25-12-9-20-16-23(10-11-24(20)17-21-3-2-14-27-21)15-18-5-7-19(8-6-18)22-4-1-13-26-22/h1-8,13-14,20,25H,9-12,15-17H2. The molecule has 0 saturated carbocycles. The third-order valence-corrected chi connectivity index (χ3v) is 6.12. The SMILES string of the molecule is OCCC1CN(Cc2ccc(-c3ccco3)cc2)CCN1Cc1cccs1. The van der Waals surface area contributed by atoms with Crippen LogP contribution >= 0.6 is 11.3 Å². The number of furan rings is 1. The van der Waals surface area contributed by atoms with Gasteiger partial charge in [-0.05, 0) is 35.6 Å². The quantitative estimate of drug-likeness (QED) is 0.668. The fourth-order valence-electron chi connectivity index (χ4n) is 3.81. The second-order valence-electron chi connectivity index (χ2n) is 7.13. The van der Waals surface area contributed by atoms with Gasteiger partial charge in [0.05, 0.1) is 6.26 Å². The number of nitrogens with zero attached hydrogens (tertiary/aromatic N) is 2. The van der Waals surface area contributed by atoms with Crippen molar-refractivity contribution in [3.63, 3.8) is 0 Å². The molecule has 2 aromatic heterocycles. The molecular formula is C22H26N2O2S. The molecular weight excluding hydrogens is 356 g/mol. The van der Waals surface area contributed by atoms with E-state index in [4.69, 9.17) is 4.42 Å². The van der Waals surface area contributed by atoms with E-state index in [0.717, 1.165) is 50.5 Å². The third-order valence-electron chi connectivity index (χ3n) is 5.26. The van der Waals surface area contributed by atoms with Crippen molar-refractivity contribution in [2.24, 2.45) is 0 Å². The molecule has 3 aromatic rings. The highest BCUT2D eigenvalue weighted by atomic mass is 32.1. The number of hydrogen-bond donors (Lipinski definition) is 1. The molecule has 1 aliphatic rings. The second kappa shape index (κ2) is 8.85. The smallest absolute Gasteiger partial charge is 0.133 e. The molecule has 1 fully saturated rings. The Morgan fingerprint density at radius 3 is 2.63 bits per heavy atom. The lowest BCUT2D eigenvalue weighted by molar-refractivity contribution is 0.0506. The average Bonchev–Trinajstić information content (AvgIpc) is 3.39. The van der Waals surface area contributed by atoms with Crippen molar-refractivity contribution in [3.8, 4) is 11.3 Å². The first-order valence-electron chi connectivity index (χ1n) is 9.54. The lowest BCUT2D eigenvalue weighted by Crippen LogP contribution is -2.52. The highest BCUT2D eigenvalue weighted by Crippen LogP contribution is 2.23. The van der Waals surface area contributed by atoms with Gasteiger partial charge in [0.15, 0.2) is 0 Å². The normalized spacial score (nSPS) is 18.8. The van der Waals surface area contributed by atoms with E-state index in [2.05, 4.69) is 51.6 Å². The minimum Gasteiger partial charge on any atom is -0.464 e. The van der Waals surface area contributed by atoms with E-state index in [1.54, 1.807) is 6.26 Å². The van der Waals surface area contributed by atoms with E-state index in [9.17, 15) is 5.11 Å². The molecule has 1 N–H and O–H groups in total. The number of hydrogen-bond acceptors (Lipinski definition) is 5. The maximum absolute atomic E-state index is 9.51. The van der Waals surface area contributed by atoms with Crippen LogP contribution in [0.5, 0.6) is 0 Å². The summed E-state index contributed by atoms with van der Waals surface area (Å²) in [7, 11) is 0. The summed E-state index contributed by atoms with van der Waals surface area (Å²) >= 11 is 1.81. The molecule has 0 radical (unpaired) electrons. The summed E-state index contributed by atoms with van der Waals surface area (Å²) in [6.45, 7) is 5.31. The predicted octanol–water partition coefficient (Wildman–Crippen LogP) is 4.08. The fourth-order valence-corrected chi connectivity index (χ4v) is 4.54. The first-order chi connectivity index (χ1) is 13.3. The highest BCUT2D eigenvalue weighted by molar-refractivity contribution is 7.09. The molecule has 27 heavy (non-hydrogen) atoms. The Hall–Kier alpha value is -1.92. The largest absolute Gasteiger partial charge is 0.464 e. The Balaban J connectivity index is 1.37. The van der Waals surface area contributed by atoms with Crippen LogP contribution in [0.3, 0.4) is 0 Å². The van der Waals surface area contributed by atoms with Crippen molar-refractivity contribution in [3.05, 3.63) is 70.6 Å². The van der Waals surface area contributed by atoms with Gasteiger partial charge in [0, 0.05) is 55.8 Å². The topological polar surface area (TPSA) is 39.9 Å². The lowest BCUT2D eigenvalue weighted by atomic mass is 10.1. The Kier molecular flexibility index (Phi) is 6.04. The summed E-state index contributed by atoms with van der Waals surface area (Å²) in [5.41, 5.74) is 2.43. The van der Waals surface area contributed by atoms with Crippen LogP contribution < -0.4 is 0 Å². The molecule has 1 saturated heterocycles. The number of rotatable bonds is 7. The van der Waals surface area contributed by atoms with Gasteiger partial charge in [0.1, 0.15) is 5.76 Å². The van der Waals surface area contributed by atoms with E-state index < -0.39 is 0 Å². The van der Waals surface area contributed by atoms with E-state index in [1.807, 2.05) is 23.5 Å². The van der Waals surface area contributed by atoms with Crippen LogP contribution in [0.15, 0.2) is 64.6 Å². The summed E-state index contributed by atoms with van der Waals surface area (Å²) in [6, 6.07) is 17.3. The fraction of sp³-hybridized carbons (Fsp3) is 0.364. The summed E-state index contributed by atoms with van der Waals surface area (Å²) < 4.78 is 5.47. The van der Waals surface area contributed by atoms with Crippen molar-refractivity contribution in [2.45, 2.75) is 25.6 Å².